The minimum absolute atomic E-state index is 0.0562. The molecule has 9 heteroatoms. The number of ether oxygens (including phenoxy) is 1. The van der Waals surface area contributed by atoms with Gasteiger partial charge >= 0.3 is 6.18 Å². The van der Waals surface area contributed by atoms with Gasteiger partial charge in [-0.3, -0.25) is 0 Å². The fourth-order valence-electron chi connectivity index (χ4n) is 1.29. The summed E-state index contributed by atoms with van der Waals surface area (Å²) in [5.41, 5.74) is 5.25. The van der Waals surface area contributed by atoms with Crippen molar-refractivity contribution >= 4 is 17.4 Å². The fourth-order valence-corrected chi connectivity index (χ4v) is 1.50. The first kappa shape index (κ1) is 14.3. The van der Waals surface area contributed by atoms with Crippen LogP contribution in [-0.2, 0) is 6.18 Å². The van der Waals surface area contributed by atoms with E-state index in [4.69, 9.17) is 22.1 Å². The maximum Gasteiger partial charge on any atom is 0.451 e. The number of alkyl halides is 3. The molecule has 0 aliphatic heterocycles. The lowest BCUT2D eigenvalue weighted by molar-refractivity contribution is -0.145. The van der Waals surface area contributed by atoms with Gasteiger partial charge in [0.25, 0.3) is 0 Å². The van der Waals surface area contributed by atoms with Crippen LogP contribution in [0.4, 0.5) is 23.4 Å². The number of nitrogens with zero attached hydrogens (tertiary/aromatic N) is 2. The zero-order valence-corrected chi connectivity index (χ0v) is 10.3. The van der Waals surface area contributed by atoms with Gasteiger partial charge in [0.05, 0.1) is 5.02 Å². The number of halogens is 5. The number of hydrogen-bond acceptors (Lipinski definition) is 4. The second-order valence-corrected chi connectivity index (χ2v) is 4.04. The van der Waals surface area contributed by atoms with Crippen molar-refractivity contribution in [1.29, 1.82) is 0 Å². The van der Waals surface area contributed by atoms with E-state index in [0.29, 0.717) is 0 Å². The van der Waals surface area contributed by atoms with Crippen LogP contribution in [0.25, 0.3) is 0 Å². The number of anilines is 1. The van der Waals surface area contributed by atoms with Crippen LogP contribution in [0.5, 0.6) is 11.6 Å². The summed E-state index contributed by atoms with van der Waals surface area (Å²) >= 11 is 5.69. The Balaban J connectivity index is 2.36. The van der Waals surface area contributed by atoms with E-state index in [1.807, 2.05) is 0 Å². The normalized spacial score (nSPS) is 11.4. The number of hydrogen-bond donors (Lipinski definition) is 1. The minimum Gasteiger partial charge on any atom is -0.437 e. The van der Waals surface area contributed by atoms with E-state index in [-0.39, 0.29) is 10.8 Å². The Morgan fingerprint density at radius 1 is 1.15 bits per heavy atom. The van der Waals surface area contributed by atoms with Gasteiger partial charge < -0.3 is 10.5 Å². The molecule has 2 rings (SSSR count). The summed E-state index contributed by atoms with van der Waals surface area (Å²) < 4.78 is 55.4. The number of aromatic nitrogens is 2. The Morgan fingerprint density at radius 3 is 2.45 bits per heavy atom. The van der Waals surface area contributed by atoms with Crippen molar-refractivity contribution in [3.8, 4) is 11.6 Å². The number of rotatable bonds is 2. The van der Waals surface area contributed by atoms with E-state index in [0.717, 1.165) is 24.3 Å². The number of nitrogen functional groups attached to an aromatic ring is 1. The summed E-state index contributed by atoms with van der Waals surface area (Å²) in [6.07, 6.45) is -4.76. The smallest absolute Gasteiger partial charge is 0.437 e. The topological polar surface area (TPSA) is 61.0 Å². The van der Waals surface area contributed by atoms with E-state index in [1.165, 1.54) is 0 Å². The second kappa shape index (κ2) is 5.12. The van der Waals surface area contributed by atoms with Crippen molar-refractivity contribution < 1.29 is 22.3 Å². The Morgan fingerprint density at radius 2 is 1.85 bits per heavy atom. The molecule has 106 valence electrons. The van der Waals surface area contributed by atoms with Crippen LogP contribution in [0.1, 0.15) is 5.82 Å². The molecule has 1 heterocycles. The first-order valence-electron chi connectivity index (χ1n) is 5.10. The molecule has 0 spiro atoms. The Labute approximate surface area is 115 Å². The van der Waals surface area contributed by atoms with Crippen LogP contribution in [0.15, 0.2) is 24.3 Å². The predicted molar refractivity (Wildman–Crippen MR) is 62.9 cm³/mol. The van der Waals surface area contributed by atoms with Gasteiger partial charge in [0.2, 0.25) is 11.7 Å². The van der Waals surface area contributed by atoms with Gasteiger partial charge in [-0.1, -0.05) is 11.6 Å². The van der Waals surface area contributed by atoms with Gasteiger partial charge in [0.15, 0.2) is 0 Å². The van der Waals surface area contributed by atoms with Gasteiger partial charge in [-0.25, -0.2) is 9.37 Å². The van der Waals surface area contributed by atoms with Crippen molar-refractivity contribution in [2.45, 2.75) is 6.18 Å². The SMILES string of the molecule is Nc1cc(Oc2ccc(F)cc2Cl)nc(C(F)(F)F)n1. The molecule has 0 saturated carbocycles. The van der Waals surface area contributed by atoms with E-state index >= 15 is 0 Å². The molecule has 4 nitrogen and oxygen atoms in total. The molecule has 0 aliphatic carbocycles. The summed E-state index contributed by atoms with van der Waals surface area (Å²) in [5, 5.41) is -0.115. The van der Waals surface area contributed by atoms with Crippen LogP contribution < -0.4 is 10.5 Å². The van der Waals surface area contributed by atoms with E-state index < -0.39 is 29.5 Å². The highest BCUT2D eigenvalue weighted by Gasteiger charge is 2.35. The lowest BCUT2D eigenvalue weighted by Crippen LogP contribution is -2.12. The van der Waals surface area contributed by atoms with Crippen molar-refractivity contribution in [3.05, 3.63) is 40.9 Å². The predicted octanol–water partition coefficient (Wildman–Crippen LogP) is 3.66. The van der Waals surface area contributed by atoms with E-state index in [2.05, 4.69) is 9.97 Å². The van der Waals surface area contributed by atoms with Crippen LogP contribution >= 0.6 is 11.6 Å². The molecule has 2 aromatic rings. The highest BCUT2D eigenvalue weighted by Crippen LogP contribution is 2.32. The molecule has 0 radical (unpaired) electrons. The average Bonchev–Trinajstić information content (AvgIpc) is 2.31. The zero-order chi connectivity index (χ0) is 14.9. The summed E-state index contributed by atoms with van der Waals surface area (Å²) in [4.78, 5) is 6.22. The average molecular weight is 308 g/mol. The van der Waals surface area contributed by atoms with Crippen molar-refractivity contribution in [1.82, 2.24) is 9.97 Å². The third-order valence-electron chi connectivity index (χ3n) is 2.08. The minimum atomic E-state index is -4.76. The highest BCUT2D eigenvalue weighted by atomic mass is 35.5. The van der Waals surface area contributed by atoms with Crippen molar-refractivity contribution in [2.24, 2.45) is 0 Å². The van der Waals surface area contributed by atoms with E-state index in [1.54, 1.807) is 0 Å². The largest absolute Gasteiger partial charge is 0.451 e. The molecular formula is C11H6ClF4N3O. The monoisotopic (exact) mass is 307 g/mol. The second-order valence-electron chi connectivity index (χ2n) is 3.63. The standard InChI is InChI=1S/C11H6ClF4N3O/c12-6-3-5(13)1-2-7(6)20-9-4-8(17)18-10(19-9)11(14,15)16/h1-4H,(H2,17,18,19). The van der Waals surface area contributed by atoms with Gasteiger partial charge in [-0.05, 0) is 18.2 Å². The summed E-state index contributed by atoms with van der Waals surface area (Å²) in [6.45, 7) is 0. The molecule has 0 saturated heterocycles. The third-order valence-corrected chi connectivity index (χ3v) is 2.38. The zero-order valence-electron chi connectivity index (χ0n) is 9.58. The summed E-state index contributed by atoms with van der Waals surface area (Å²) in [6, 6.07) is 4.14. The maximum atomic E-state index is 12.8. The molecule has 0 aliphatic rings. The van der Waals surface area contributed by atoms with Gasteiger partial charge in [0, 0.05) is 6.07 Å². The quantitative estimate of drug-likeness (QED) is 0.860. The van der Waals surface area contributed by atoms with Crippen LogP contribution in [0.3, 0.4) is 0 Å². The molecule has 2 N–H and O–H groups in total. The molecule has 1 aromatic heterocycles. The van der Waals surface area contributed by atoms with Crippen LogP contribution in [-0.4, -0.2) is 9.97 Å². The van der Waals surface area contributed by atoms with Gasteiger partial charge in [0.1, 0.15) is 17.4 Å². The molecule has 1 aromatic carbocycles. The van der Waals surface area contributed by atoms with Crippen molar-refractivity contribution in [3.63, 3.8) is 0 Å². The summed E-state index contributed by atoms with van der Waals surface area (Å²) in [7, 11) is 0. The Bertz CT molecular complexity index is 648. The number of nitrogens with two attached hydrogens (primary N) is 1. The number of benzene rings is 1. The van der Waals surface area contributed by atoms with Crippen LogP contribution in [0, 0.1) is 5.82 Å². The third kappa shape index (κ3) is 3.27. The maximum absolute atomic E-state index is 12.8. The Kier molecular flexibility index (Phi) is 3.67. The first-order chi connectivity index (χ1) is 9.25. The highest BCUT2D eigenvalue weighted by molar-refractivity contribution is 6.32. The van der Waals surface area contributed by atoms with Crippen LogP contribution in [0.2, 0.25) is 5.02 Å². The van der Waals surface area contributed by atoms with Gasteiger partial charge in [-0.2, -0.15) is 18.2 Å². The molecule has 0 unspecified atom stereocenters. The van der Waals surface area contributed by atoms with E-state index in [9.17, 15) is 17.6 Å². The van der Waals surface area contributed by atoms with Crippen molar-refractivity contribution in [2.75, 3.05) is 5.73 Å². The lowest BCUT2D eigenvalue weighted by Gasteiger charge is -2.10. The molecule has 0 fully saturated rings. The molecule has 0 amide bonds. The summed E-state index contributed by atoms with van der Waals surface area (Å²) in [5.74, 6) is -2.97. The molecule has 0 bridgehead atoms. The molecule has 20 heavy (non-hydrogen) atoms. The molecule has 0 atom stereocenters. The molecular weight excluding hydrogens is 302 g/mol. The van der Waals surface area contributed by atoms with Gasteiger partial charge in [-0.15, -0.1) is 0 Å². The fraction of sp³-hybridized carbons (Fsp3) is 0.0909. The first-order valence-corrected chi connectivity index (χ1v) is 5.48. The lowest BCUT2D eigenvalue weighted by atomic mass is 10.3. The Hall–Kier alpha value is -2.09.